The fourth-order valence-corrected chi connectivity index (χ4v) is 5.17. The van der Waals surface area contributed by atoms with Crippen LogP contribution in [0.15, 0.2) is 60.7 Å². The van der Waals surface area contributed by atoms with Crippen molar-refractivity contribution in [1.29, 1.82) is 0 Å². The van der Waals surface area contributed by atoms with Gasteiger partial charge in [-0.05, 0) is 79.3 Å². The first kappa shape index (κ1) is 27.4. The normalized spacial score (nSPS) is 14.9. The maximum atomic E-state index is 13.1. The van der Waals surface area contributed by atoms with Crippen molar-refractivity contribution in [2.24, 2.45) is 0 Å². The number of H-pyrrole nitrogens is 1. The highest BCUT2D eigenvalue weighted by atomic mass is 35.5. The third kappa shape index (κ3) is 6.17. The number of carbonyl (C=O) groups is 2. The molecule has 7 nitrogen and oxygen atoms in total. The zero-order valence-corrected chi connectivity index (χ0v) is 21.9. The molecule has 1 aliphatic carbocycles. The minimum atomic E-state index is -4.63. The third-order valence-corrected chi connectivity index (χ3v) is 7.28. The van der Waals surface area contributed by atoms with Crippen LogP contribution in [0, 0.1) is 0 Å². The van der Waals surface area contributed by atoms with E-state index >= 15 is 0 Å². The molecule has 0 spiro atoms. The highest BCUT2D eigenvalue weighted by Crippen LogP contribution is 2.36. The molecule has 1 atom stereocenters. The van der Waals surface area contributed by atoms with E-state index < -0.39 is 22.8 Å². The number of phenols is 1. The third-order valence-electron chi connectivity index (χ3n) is 6.95. The molecular weight excluding hydrogens is 545 g/mol. The molecule has 0 fully saturated rings. The summed E-state index contributed by atoms with van der Waals surface area (Å²) in [7, 11) is 0. The number of halogens is 4. The molecule has 5 rings (SSSR count). The Morgan fingerprint density at radius 1 is 1.05 bits per heavy atom. The van der Waals surface area contributed by atoms with Gasteiger partial charge < -0.3 is 26.0 Å². The zero-order valence-electron chi connectivity index (χ0n) is 21.2. The maximum absolute atomic E-state index is 13.1. The average Bonchev–Trinajstić information content (AvgIpc) is 3.27. The number of urea groups is 1. The van der Waals surface area contributed by atoms with Crippen molar-refractivity contribution in [1.82, 2.24) is 15.6 Å². The first-order valence-corrected chi connectivity index (χ1v) is 13.1. The molecule has 40 heavy (non-hydrogen) atoms. The Kier molecular flexibility index (Phi) is 7.62. The van der Waals surface area contributed by atoms with Crippen LogP contribution in [-0.2, 0) is 25.4 Å². The molecule has 3 aromatic carbocycles. The number of nitrogens with one attached hydrogen (secondary N) is 4. The van der Waals surface area contributed by atoms with E-state index in [4.69, 9.17) is 11.6 Å². The second-order valence-corrected chi connectivity index (χ2v) is 10.2. The first-order valence-electron chi connectivity index (χ1n) is 12.7. The van der Waals surface area contributed by atoms with Gasteiger partial charge in [-0.2, -0.15) is 13.2 Å². The number of aromatic nitrogens is 1. The lowest BCUT2D eigenvalue weighted by molar-refractivity contribution is -0.137. The molecule has 1 aromatic heterocycles. The Balaban J connectivity index is 1.20. The summed E-state index contributed by atoms with van der Waals surface area (Å²) in [4.78, 5) is 28.6. The van der Waals surface area contributed by atoms with Crippen molar-refractivity contribution in [2.75, 3.05) is 11.9 Å². The number of fused-ring (bicyclic) bond motifs is 3. The van der Waals surface area contributed by atoms with E-state index in [1.165, 1.54) is 6.07 Å². The number of aromatic hydroxyl groups is 1. The summed E-state index contributed by atoms with van der Waals surface area (Å²) in [5.41, 5.74) is 3.39. The van der Waals surface area contributed by atoms with Gasteiger partial charge in [0.1, 0.15) is 5.75 Å². The lowest BCUT2D eigenvalue weighted by Gasteiger charge is -2.24. The van der Waals surface area contributed by atoms with Gasteiger partial charge >= 0.3 is 12.2 Å². The summed E-state index contributed by atoms with van der Waals surface area (Å²) in [6, 6.07) is 14.7. The fraction of sp³-hybridized carbons (Fsp3) is 0.241. The van der Waals surface area contributed by atoms with Crippen molar-refractivity contribution in [3.63, 3.8) is 0 Å². The van der Waals surface area contributed by atoms with E-state index in [0.29, 0.717) is 37.8 Å². The predicted molar refractivity (Wildman–Crippen MR) is 147 cm³/mol. The number of aryl methyl sites for hydroxylation is 1. The number of hydrogen-bond acceptors (Lipinski definition) is 3. The summed E-state index contributed by atoms with van der Waals surface area (Å²) in [6.45, 7) is 0.450. The largest absolute Gasteiger partial charge is 0.508 e. The first-order chi connectivity index (χ1) is 19.1. The fourth-order valence-electron chi connectivity index (χ4n) is 4.95. The Hall–Kier alpha value is -4.18. The summed E-state index contributed by atoms with van der Waals surface area (Å²) < 4.78 is 39.4. The molecule has 4 aromatic rings. The minimum absolute atomic E-state index is 0.00769. The van der Waals surface area contributed by atoms with Crippen LogP contribution in [0.1, 0.15) is 39.2 Å². The van der Waals surface area contributed by atoms with Crippen molar-refractivity contribution >= 4 is 40.1 Å². The van der Waals surface area contributed by atoms with Crippen LogP contribution in [0.4, 0.5) is 23.7 Å². The molecule has 1 heterocycles. The average molecular weight is 571 g/mol. The SMILES string of the molecule is O=C(Nc1ccc(Cl)c(C(F)(F)F)c1)NC1CCc2[nH]c3cc(C(=O)NCCc4ccc(O)cc4)ccc3c2C1. The number of rotatable bonds is 6. The maximum Gasteiger partial charge on any atom is 0.417 e. The Bertz CT molecular complexity index is 1570. The number of amides is 3. The van der Waals surface area contributed by atoms with E-state index in [2.05, 4.69) is 20.9 Å². The number of alkyl halides is 3. The number of anilines is 1. The van der Waals surface area contributed by atoms with Gasteiger partial charge in [0.15, 0.2) is 0 Å². The lowest BCUT2D eigenvalue weighted by Crippen LogP contribution is -2.41. The molecular formula is C29H26ClF3N4O3. The predicted octanol–water partition coefficient (Wildman–Crippen LogP) is 6.20. The van der Waals surface area contributed by atoms with Crippen LogP contribution in [0.25, 0.3) is 10.9 Å². The molecule has 1 unspecified atom stereocenters. The van der Waals surface area contributed by atoms with Crippen LogP contribution < -0.4 is 16.0 Å². The van der Waals surface area contributed by atoms with Crippen molar-refractivity contribution < 1.29 is 27.9 Å². The van der Waals surface area contributed by atoms with Gasteiger partial charge in [-0.3, -0.25) is 4.79 Å². The molecule has 11 heteroatoms. The van der Waals surface area contributed by atoms with Crippen molar-refractivity contribution in [2.45, 2.75) is 37.9 Å². The number of aromatic amines is 1. The molecule has 0 aliphatic heterocycles. The lowest BCUT2D eigenvalue weighted by atomic mass is 9.91. The standard InChI is InChI=1S/C29H26ClF3N4O3/c30-24-9-4-19(15-23(24)29(31,32)33)36-28(40)35-18-5-10-25-22(14-18)21-8-3-17(13-26(21)37-25)27(39)34-12-11-16-1-6-20(38)7-2-16/h1-4,6-9,13,15,18,37-38H,5,10-12,14H2,(H,34,39)(H2,35,36,40). The van der Waals surface area contributed by atoms with E-state index in [1.54, 1.807) is 24.3 Å². The molecule has 0 bridgehead atoms. The molecule has 3 amide bonds. The molecule has 0 saturated heterocycles. The van der Waals surface area contributed by atoms with Crippen LogP contribution in [0.2, 0.25) is 5.02 Å². The monoisotopic (exact) mass is 570 g/mol. The minimum Gasteiger partial charge on any atom is -0.508 e. The molecule has 5 N–H and O–H groups in total. The number of hydrogen-bond donors (Lipinski definition) is 5. The van der Waals surface area contributed by atoms with Crippen LogP contribution in [0.3, 0.4) is 0 Å². The van der Waals surface area contributed by atoms with Crippen molar-refractivity contribution in [3.05, 3.63) is 93.6 Å². The van der Waals surface area contributed by atoms with Gasteiger partial charge in [-0.25, -0.2) is 4.79 Å². The van der Waals surface area contributed by atoms with E-state index in [9.17, 15) is 27.9 Å². The number of carbonyl (C=O) groups excluding carboxylic acids is 2. The quantitative estimate of drug-likeness (QED) is 0.191. The number of benzene rings is 3. The van der Waals surface area contributed by atoms with Gasteiger partial charge in [0.2, 0.25) is 0 Å². The highest BCUT2D eigenvalue weighted by molar-refractivity contribution is 6.31. The topological polar surface area (TPSA) is 106 Å². The summed E-state index contributed by atoms with van der Waals surface area (Å²) in [5, 5.41) is 18.1. The Morgan fingerprint density at radius 2 is 1.82 bits per heavy atom. The van der Waals surface area contributed by atoms with Crippen molar-refractivity contribution in [3.8, 4) is 5.75 Å². The van der Waals surface area contributed by atoms with E-state index in [-0.39, 0.29) is 23.4 Å². The van der Waals surface area contributed by atoms with Crippen LogP contribution in [-0.4, -0.2) is 34.6 Å². The second-order valence-electron chi connectivity index (χ2n) is 9.75. The molecule has 0 radical (unpaired) electrons. The van der Waals surface area contributed by atoms with Gasteiger partial charge in [0, 0.05) is 40.4 Å². The summed E-state index contributed by atoms with van der Waals surface area (Å²) in [5.74, 6) is 0.00124. The number of phenolic OH excluding ortho intramolecular Hbond substituents is 1. The zero-order chi connectivity index (χ0) is 28.4. The molecule has 208 valence electrons. The second kappa shape index (κ2) is 11.1. The smallest absolute Gasteiger partial charge is 0.417 e. The van der Waals surface area contributed by atoms with Gasteiger partial charge in [-0.15, -0.1) is 0 Å². The highest BCUT2D eigenvalue weighted by Gasteiger charge is 2.33. The Morgan fingerprint density at radius 3 is 2.58 bits per heavy atom. The van der Waals surface area contributed by atoms with Crippen LogP contribution >= 0.6 is 11.6 Å². The Labute approximate surface area is 232 Å². The van der Waals surface area contributed by atoms with E-state index in [0.717, 1.165) is 39.9 Å². The van der Waals surface area contributed by atoms with Gasteiger partial charge in [0.05, 0.1) is 10.6 Å². The molecule has 0 saturated carbocycles. The molecule has 1 aliphatic rings. The van der Waals surface area contributed by atoms with Gasteiger partial charge in [0.25, 0.3) is 5.91 Å². The summed E-state index contributed by atoms with van der Waals surface area (Å²) in [6.07, 6.45) is -2.15. The van der Waals surface area contributed by atoms with Gasteiger partial charge in [-0.1, -0.05) is 29.8 Å². The van der Waals surface area contributed by atoms with Crippen LogP contribution in [0.5, 0.6) is 5.75 Å². The summed E-state index contributed by atoms with van der Waals surface area (Å²) >= 11 is 5.65. The van der Waals surface area contributed by atoms with E-state index in [1.807, 2.05) is 18.2 Å².